The molecule has 0 saturated carbocycles. The van der Waals surface area contributed by atoms with Crippen LogP contribution < -0.4 is 14.3 Å². The van der Waals surface area contributed by atoms with Gasteiger partial charge in [-0.2, -0.15) is 4.99 Å². The minimum absolute atomic E-state index is 0.189. The molecule has 2 aromatic carbocycles. The molecule has 0 N–H and O–H groups in total. The number of rotatable bonds is 8. The van der Waals surface area contributed by atoms with E-state index in [9.17, 15) is 4.79 Å². The van der Waals surface area contributed by atoms with Crippen molar-refractivity contribution in [3.8, 4) is 11.5 Å². The van der Waals surface area contributed by atoms with E-state index in [-0.39, 0.29) is 12.3 Å². The van der Waals surface area contributed by atoms with Crippen molar-refractivity contribution in [1.29, 1.82) is 0 Å². The largest absolute Gasteiger partial charge is 0.493 e. The summed E-state index contributed by atoms with van der Waals surface area (Å²) >= 11 is 3.21. The van der Waals surface area contributed by atoms with Crippen LogP contribution in [-0.4, -0.2) is 44.7 Å². The fourth-order valence-corrected chi connectivity index (χ4v) is 4.60. The van der Waals surface area contributed by atoms with E-state index in [1.807, 2.05) is 16.9 Å². The average Bonchev–Trinajstić information content (AvgIpc) is 3.07. The van der Waals surface area contributed by atoms with Crippen LogP contribution >= 0.6 is 23.1 Å². The molecule has 29 heavy (non-hydrogen) atoms. The van der Waals surface area contributed by atoms with Gasteiger partial charge >= 0.3 is 0 Å². The Hall–Kier alpha value is -2.29. The Morgan fingerprint density at radius 3 is 2.59 bits per heavy atom. The van der Waals surface area contributed by atoms with E-state index in [1.54, 1.807) is 45.2 Å². The highest BCUT2D eigenvalue weighted by atomic mass is 32.2. The first-order chi connectivity index (χ1) is 14.1. The van der Waals surface area contributed by atoms with Crippen molar-refractivity contribution in [2.75, 3.05) is 34.2 Å². The van der Waals surface area contributed by atoms with Crippen LogP contribution in [0.2, 0.25) is 0 Å². The number of hydrogen-bond donors (Lipinski definition) is 0. The molecule has 0 bridgehead atoms. The molecule has 154 valence electrons. The van der Waals surface area contributed by atoms with Crippen LogP contribution in [0, 0.1) is 0 Å². The summed E-state index contributed by atoms with van der Waals surface area (Å²) in [5.41, 5.74) is 1.88. The summed E-state index contributed by atoms with van der Waals surface area (Å²) in [6, 6.07) is 11.7. The first kappa shape index (κ1) is 21.4. The van der Waals surface area contributed by atoms with Crippen molar-refractivity contribution < 1.29 is 19.0 Å². The zero-order valence-electron chi connectivity index (χ0n) is 16.9. The van der Waals surface area contributed by atoms with Crippen molar-refractivity contribution in [1.82, 2.24) is 4.57 Å². The standard InChI is InChI=1S/C21H24N2O4S2/c1-25-10-9-23-16-7-6-15(28-4)13-19(16)29-21(23)22-20(24)12-14-5-8-17(26-2)18(11-14)27-3/h5-8,11,13H,9-10,12H2,1-4H3. The van der Waals surface area contributed by atoms with Gasteiger partial charge in [0, 0.05) is 18.6 Å². The monoisotopic (exact) mass is 432 g/mol. The third kappa shape index (κ3) is 5.01. The predicted molar refractivity (Wildman–Crippen MR) is 117 cm³/mol. The van der Waals surface area contributed by atoms with Gasteiger partial charge in [-0.25, -0.2) is 0 Å². The van der Waals surface area contributed by atoms with Crippen molar-refractivity contribution in [2.24, 2.45) is 4.99 Å². The van der Waals surface area contributed by atoms with Crippen molar-refractivity contribution >= 4 is 39.2 Å². The normalized spacial score (nSPS) is 11.8. The van der Waals surface area contributed by atoms with Crippen LogP contribution in [0.5, 0.6) is 11.5 Å². The molecule has 1 heterocycles. The molecular formula is C21H24N2O4S2. The molecule has 0 unspecified atom stereocenters. The number of fused-ring (bicyclic) bond motifs is 1. The van der Waals surface area contributed by atoms with Crippen molar-refractivity contribution in [3.05, 3.63) is 46.8 Å². The first-order valence-electron chi connectivity index (χ1n) is 9.04. The molecule has 0 aliphatic carbocycles. The number of carbonyl (C=O) groups excluding carboxylic acids is 1. The second kappa shape index (κ2) is 9.96. The van der Waals surface area contributed by atoms with Gasteiger partial charge in [-0.3, -0.25) is 4.79 Å². The number of thioether (sulfide) groups is 1. The molecule has 0 aliphatic rings. The van der Waals surface area contributed by atoms with E-state index in [1.165, 1.54) is 16.2 Å². The fourth-order valence-electron chi connectivity index (χ4n) is 2.98. The van der Waals surface area contributed by atoms with Gasteiger partial charge in [0.05, 0.1) is 37.5 Å². The van der Waals surface area contributed by atoms with E-state index < -0.39 is 0 Å². The second-order valence-electron chi connectivity index (χ2n) is 6.23. The van der Waals surface area contributed by atoms with E-state index in [0.29, 0.717) is 29.5 Å². The molecule has 0 aliphatic heterocycles. The van der Waals surface area contributed by atoms with Crippen LogP contribution in [0.4, 0.5) is 0 Å². The molecule has 8 heteroatoms. The minimum atomic E-state index is -0.208. The maximum atomic E-state index is 12.7. The number of benzene rings is 2. The maximum Gasteiger partial charge on any atom is 0.252 e. The van der Waals surface area contributed by atoms with Crippen molar-refractivity contribution in [2.45, 2.75) is 17.9 Å². The Balaban J connectivity index is 1.94. The Bertz CT molecular complexity index is 1070. The molecule has 0 fully saturated rings. The first-order valence-corrected chi connectivity index (χ1v) is 11.1. The Morgan fingerprint density at radius 1 is 1.10 bits per heavy atom. The van der Waals surface area contributed by atoms with Gasteiger partial charge in [-0.15, -0.1) is 11.8 Å². The van der Waals surface area contributed by atoms with Crippen LogP contribution in [0.3, 0.4) is 0 Å². The summed E-state index contributed by atoms with van der Waals surface area (Å²) in [4.78, 5) is 18.9. The van der Waals surface area contributed by atoms with Gasteiger partial charge < -0.3 is 18.8 Å². The number of nitrogens with zero attached hydrogens (tertiary/aromatic N) is 2. The van der Waals surface area contributed by atoms with E-state index in [2.05, 4.69) is 23.2 Å². The molecule has 3 rings (SSSR count). The number of amides is 1. The van der Waals surface area contributed by atoms with E-state index >= 15 is 0 Å². The predicted octanol–water partition coefficient (Wildman–Crippen LogP) is 3.76. The average molecular weight is 433 g/mol. The summed E-state index contributed by atoms with van der Waals surface area (Å²) in [6.45, 7) is 1.19. The molecule has 0 atom stereocenters. The van der Waals surface area contributed by atoms with Crippen molar-refractivity contribution in [3.63, 3.8) is 0 Å². The van der Waals surface area contributed by atoms with Gasteiger partial charge in [0.1, 0.15) is 0 Å². The molecule has 6 nitrogen and oxygen atoms in total. The number of hydrogen-bond acceptors (Lipinski definition) is 6. The Morgan fingerprint density at radius 2 is 1.90 bits per heavy atom. The number of ether oxygens (including phenoxy) is 3. The summed E-state index contributed by atoms with van der Waals surface area (Å²) in [6.07, 6.45) is 2.24. The van der Waals surface area contributed by atoms with Crippen LogP contribution in [0.25, 0.3) is 10.2 Å². The molecular weight excluding hydrogens is 408 g/mol. The SMILES string of the molecule is COCCn1c(=NC(=O)Cc2ccc(OC)c(OC)c2)sc2cc(SC)ccc21. The van der Waals surface area contributed by atoms with Crippen LogP contribution in [-0.2, 0) is 22.5 Å². The smallest absolute Gasteiger partial charge is 0.252 e. The molecule has 0 saturated heterocycles. The lowest BCUT2D eigenvalue weighted by Gasteiger charge is -2.08. The Kier molecular flexibility index (Phi) is 7.35. The third-order valence-electron chi connectivity index (χ3n) is 4.43. The Labute approximate surface area is 178 Å². The van der Waals surface area contributed by atoms with Gasteiger partial charge in [-0.1, -0.05) is 17.4 Å². The lowest BCUT2D eigenvalue weighted by molar-refractivity contribution is -0.117. The summed E-state index contributed by atoms with van der Waals surface area (Å²) in [7, 11) is 4.83. The highest BCUT2D eigenvalue weighted by Crippen LogP contribution is 2.28. The van der Waals surface area contributed by atoms with Gasteiger partial charge in [0.15, 0.2) is 16.3 Å². The highest BCUT2D eigenvalue weighted by molar-refractivity contribution is 7.98. The number of aromatic nitrogens is 1. The van der Waals surface area contributed by atoms with Crippen LogP contribution in [0.1, 0.15) is 5.56 Å². The third-order valence-corrected chi connectivity index (χ3v) is 6.20. The van der Waals surface area contributed by atoms with Gasteiger partial charge in [0.25, 0.3) is 5.91 Å². The zero-order valence-corrected chi connectivity index (χ0v) is 18.6. The minimum Gasteiger partial charge on any atom is -0.493 e. The quantitative estimate of drug-likeness (QED) is 0.507. The molecule has 1 amide bonds. The summed E-state index contributed by atoms with van der Waals surface area (Å²) in [5, 5.41) is 0. The summed E-state index contributed by atoms with van der Waals surface area (Å²) in [5.74, 6) is 1.02. The molecule has 0 radical (unpaired) electrons. The van der Waals surface area contributed by atoms with E-state index in [0.717, 1.165) is 15.8 Å². The number of carbonyl (C=O) groups is 1. The lowest BCUT2D eigenvalue weighted by atomic mass is 10.1. The highest BCUT2D eigenvalue weighted by Gasteiger charge is 2.11. The molecule has 0 spiro atoms. The van der Waals surface area contributed by atoms with Gasteiger partial charge in [0.2, 0.25) is 0 Å². The van der Waals surface area contributed by atoms with Crippen LogP contribution in [0.15, 0.2) is 46.3 Å². The van der Waals surface area contributed by atoms with E-state index in [4.69, 9.17) is 14.2 Å². The summed E-state index contributed by atoms with van der Waals surface area (Å²) < 4.78 is 18.9. The molecule has 3 aromatic rings. The lowest BCUT2D eigenvalue weighted by Crippen LogP contribution is -2.19. The fraction of sp³-hybridized carbons (Fsp3) is 0.333. The topological polar surface area (TPSA) is 62.1 Å². The van der Waals surface area contributed by atoms with Gasteiger partial charge in [-0.05, 0) is 42.2 Å². The number of thiazole rings is 1. The second-order valence-corrected chi connectivity index (χ2v) is 8.12. The maximum absolute atomic E-state index is 12.7. The molecule has 1 aromatic heterocycles. The zero-order chi connectivity index (χ0) is 20.8. The number of methoxy groups -OCH3 is 3.